The number of aliphatic hydroxyl groups is 1. The van der Waals surface area contributed by atoms with E-state index in [2.05, 4.69) is 36.5 Å². The summed E-state index contributed by atoms with van der Waals surface area (Å²) in [4.78, 5) is 25.3. The fourth-order valence-electron chi connectivity index (χ4n) is 4.07. The van der Waals surface area contributed by atoms with Gasteiger partial charge in [0.2, 0.25) is 5.91 Å². The summed E-state index contributed by atoms with van der Waals surface area (Å²) in [5, 5.41) is 31.8. The molecule has 9 nitrogen and oxygen atoms in total. The van der Waals surface area contributed by atoms with Gasteiger partial charge in [0.25, 0.3) is 0 Å². The highest BCUT2D eigenvalue weighted by Gasteiger charge is 2.44. The summed E-state index contributed by atoms with van der Waals surface area (Å²) in [6.45, 7) is 1.40. The van der Waals surface area contributed by atoms with Crippen LogP contribution in [0.2, 0.25) is 0 Å². The van der Waals surface area contributed by atoms with Gasteiger partial charge in [0.15, 0.2) is 0 Å². The van der Waals surface area contributed by atoms with E-state index < -0.39 is 17.3 Å². The number of aromatic amines is 1. The van der Waals surface area contributed by atoms with Crippen LogP contribution in [0.4, 0.5) is 5.82 Å². The standard InChI is InChI=1S/C24H19N7O2S/c1-13(32)29-19-10-15(8-9-26-19)22-16(11-25)20(23(34-22)24-27-12-28-31-24)21(33)18-7-6-14-4-2-3-5-17(14)30-18/h2-10,12,20-21,23,33H,1H3,(H,26,29,32)(H,27,28,31). The first-order valence-corrected chi connectivity index (χ1v) is 11.4. The summed E-state index contributed by atoms with van der Waals surface area (Å²) in [5.74, 6) is 0.0675. The van der Waals surface area contributed by atoms with Crippen LogP contribution in [0.1, 0.15) is 35.4 Å². The minimum absolute atomic E-state index is 0.242. The predicted octanol–water partition coefficient (Wildman–Crippen LogP) is 3.78. The number of hydrogen-bond donors (Lipinski definition) is 3. The highest BCUT2D eigenvalue weighted by atomic mass is 32.2. The Balaban J connectivity index is 1.60. The maximum Gasteiger partial charge on any atom is 0.222 e. The van der Waals surface area contributed by atoms with E-state index in [0.29, 0.717) is 33.4 Å². The van der Waals surface area contributed by atoms with Crippen molar-refractivity contribution in [2.24, 2.45) is 5.92 Å². The third kappa shape index (κ3) is 4.03. The van der Waals surface area contributed by atoms with Crippen LogP contribution in [-0.4, -0.2) is 36.2 Å². The van der Waals surface area contributed by atoms with E-state index in [1.165, 1.54) is 25.0 Å². The highest BCUT2D eigenvalue weighted by molar-refractivity contribution is 8.08. The van der Waals surface area contributed by atoms with E-state index in [0.717, 1.165) is 10.9 Å². The largest absolute Gasteiger partial charge is 0.386 e. The van der Waals surface area contributed by atoms with Gasteiger partial charge in [0.05, 0.1) is 28.1 Å². The van der Waals surface area contributed by atoms with Crippen LogP contribution >= 0.6 is 11.8 Å². The molecule has 5 rings (SSSR count). The van der Waals surface area contributed by atoms with Gasteiger partial charge in [-0.3, -0.25) is 14.9 Å². The van der Waals surface area contributed by atoms with Crippen LogP contribution < -0.4 is 5.32 Å². The summed E-state index contributed by atoms with van der Waals surface area (Å²) in [7, 11) is 0. The average molecular weight is 470 g/mol. The maximum atomic E-state index is 11.5. The molecule has 3 aromatic heterocycles. The van der Waals surface area contributed by atoms with Gasteiger partial charge in [-0.1, -0.05) is 24.3 Å². The Morgan fingerprint density at radius 3 is 2.85 bits per heavy atom. The number of nitrogens with zero attached hydrogens (tertiary/aromatic N) is 5. The summed E-state index contributed by atoms with van der Waals surface area (Å²) in [5.41, 5.74) is 2.36. The molecule has 34 heavy (non-hydrogen) atoms. The van der Waals surface area contributed by atoms with Crippen LogP contribution in [-0.2, 0) is 4.79 Å². The number of amides is 1. The number of pyridine rings is 2. The molecule has 0 aliphatic carbocycles. The monoisotopic (exact) mass is 469 g/mol. The topological polar surface area (TPSA) is 140 Å². The van der Waals surface area contributed by atoms with E-state index in [9.17, 15) is 15.2 Å². The first-order valence-electron chi connectivity index (χ1n) is 10.5. The lowest BCUT2D eigenvalue weighted by Gasteiger charge is -2.23. The molecule has 0 spiro atoms. The van der Waals surface area contributed by atoms with Crippen molar-refractivity contribution >= 4 is 39.3 Å². The molecule has 3 atom stereocenters. The molecule has 4 heterocycles. The van der Waals surface area contributed by atoms with Crippen LogP contribution in [0, 0.1) is 17.2 Å². The minimum atomic E-state index is -1.06. The number of carbonyl (C=O) groups excluding carboxylic acids is 1. The lowest BCUT2D eigenvalue weighted by atomic mass is 9.87. The number of nitriles is 1. The number of anilines is 1. The Kier molecular flexibility index (Phi) is 5.79. The third-order valence-electron chi connectivity index (χ3n) is 5.56. The molecule has 3 unspecified atom stereocenters. The number of rotatable bonds is 5. The Morgan fingerprint density at radius 2 is 2.09 bits per heavy atom. The molecule has 1 amide bonds. The number of aliphatic hydroxyl groups excluding tert-OH is 1. The lowest BCUT2D eigenvalue weighted by Crippen LogP contribution is -2.19. The van der Waals surface area contributed by atoms with Crippen molar-refractivity contribution < 1.29 is 9.90 Å². The van der Waals surface area contributed by atoms with Gasteiger partial charge in [0.1, 0.15) is 24.1 Å². The normalized spacial score (nSPS) is 18.6. The summed E-state index contributed by atoms with van der Waals surface area (Å²) >= 11 is 1.41. The van der Waals surface area contributed by atoms with Gasteiger partial charge < -0.3 is 10.4 Å². The van der Waals surface area contributed by atoms with Crippen molar-refractivity contribution in [3.63, 3.8) is 0 Å². The zero-order valence-corrected chi connectivity index (χ0v) is 18.8. The summed E-state index contributed by atoms with van der Waals surface area (Å²) in [6, 6.07) is 17.1. The van der Waals surface area contributed by atoms with E-state index >= 15 is 0 Å². The molecule has 10 heteroatoms. The zero-order valence-electron chi connectivity index (χ0n) is 18.0. The molecule has 168 valence electrons. The second kappa shape index (κ2) is 9.05. The van der Waals surface area contributed by atoms with E-state index in [1.54, 1.807) is 24.4 Å². The third-order valence-corrected chi connectivity index (χ3v) is 7.02. The average Bonchev–Trinajstić information content (AvgIpc) is 3.51. The second-order valence-electron chi connectivity index (χ2n) is 7.77. The van der Waals surface area contributed by atoms with Crippen molar-refractivity contribution in [1.29, 1.82) is 5.26 Å². The van der Waals surface area contributed by atoms with Gasteiger partial charge in [-0.2, -0.15) is 10.4 Å². The Labute approximate surface area is 199 Å². The van der Waals surface area contributed by atoms with Gasteiger partial charge in [-0.25, -0.2) is 9.97 Å². The first kappa shape index (κ1) is 21.8. The van der Waals surface area contributed by atoms with E-state index in [1.807, 2.05) is 30.3 Å². The number of nitrogens with one attached hydrogen (secondary N) is 2. The predicted molar refractivity (Wildman–Crippen MR) is 128 cm³/mol. The van der Waals surface area contributed by atoms with E-state index in [-0.39, 0.29) is 5.91 Å². The van der Waals surface area contributed by atoms with Gasteiger partial charge >= 0.3 is 0 Å². The molecular formula is C24H19N7O2S. The molecule has 1 aromatic carbocycles. The number of benzene rings is 1. The molecule has 0 saturated carbocycles. The lowest BCUT2D eigenvalue weighted by molar-refractivity contribution is -0.114. The SMILES string of the molecule is CC(=O)Nc1cc(C2=C(C#N)C(C(O)c3ccc4ccccc4n3)C(c3ncn[nH]3)S2)ccn1. The number of para-hydroxylation sites is 1. The number of thioether (sulfide) groups is 1. The van der Waals surface area contributed by atoms with Gasteiger partial charge in [-0.15, -0.1) is 11.8 Å². The number of H-pyrrole nitrogens is 1. The molecule has 0 radical (unpaired) electrons. The Morgan fingerprint density at radius 1 is 1.24 bits per heavy atom. The molecule has 4 aromatic rings. The van der Waals surface area contributed by atoms with Crippen molar-refractivity contribution in [3.8, 4) is 6.07 Å². The molecule has 1 aliphatic heterocycles. The summed E-state index contributed by atoms with van der Waals surface area (Å²) < 4.78 is 0. The smallest absolute Gasteiger partial charge is 0.222 e. The van der Waals surface area contributed by atoms with Crippen molar-refractivity contribution in [1.82, 2.24) is 25.1 Å². The van der Waals surface area contributed by atoms with Crippen LogP contribution in [0.5, 0.6) is 0 Å². The second-order valence-corrected chi connectivity index (χ2v) is 8.93. The van der Waals surface area contributed by atoms with Gasteiger partial charge in [-0.05, 0) is 29.8 Å². The Hall–Kier alpha value is -4.07. The minimum Gasteiger partial charge on any atom is -0.386 e. The molecule has 0 fully saturated rings. The summed E-state index contributed by atoms with van der Waals surface area (Å²) in [6.07, 6.45) is 1.91. The van der Waals surface area contributed by atoms with Crippen molar-refractivity contribution in [3.05, 3.63) is 83.7 Å². The highest BCUT2D eigenvalue weighted by Crippen LogP contribution is 2.57. The number of aromatic nitrogens is 5. The van der Waals surface area contributed by atoms with Crippen molar-refractivity contribution in [2.75, 3.05) is 5.32 Å². The quantitative estimate of drug-likeness (QED) is 0.401. The molecule has 3 N–H and O–H groups in total. The Bertz CT molecular complexity index is 1450. The van der Waals surface area contributed by atoms with E-state index in [4.69, 9.17) is 0 Å². The fourth-order valence-corrected chi connectivity index (χ4v) is 5.55. The number of hydrogen-bond acceptors (Lipinski definition) is 8. The van der Waals surface area contributed by atoms with Crippen molar-refractivity contribution in [2.45, 2.75) is 18.3 Å². The zero-order chi connectivity index (χ0) is 23.7. The van der Waals surface area contributed by atoms with Crippen LogP contribution in [0.15, 0.2) is 66.6 Å². The van der Waals surface area contributed by atoms with Crippen LogP contribution in [0.25, 0.3) is 15.8 Å². The molecule has 1 aliphatic rings. The fraction of sp³-hybridized carbons (Fsp3) is 0.167. The maximum absolute atomic E-state index is 11.5. The number of fused-ring (bicyclic) bond motifs is 1. The molecular weight excluding hydrogens is 450 g/mol. The van der Waals surface area contributed by atoms with Gasteiger partial charge in [0, 0.05) is 29.3 Å². The van der Waals surface area contributed by atoms with Crippen LogP contribution in [0.3, 0.4) is 0 Å². The molecule has 0 saturated heterocycles. The number of carbonyl (C=O) groups is 1. The molecule has 0 bridgehead atoms. The first-order chi connectivity index (χ1) is 16.5.